The number of nitrogens with zero attached hydrogens (tertiary/aromatic N) is 1. The van der Waals surface area contributed by atoms with Crippen LogP contribution in [0.2, 0.25) is 0 Å². The Kier molecular flexibility index (Phi) is 5.83. The summed E-state index contributed by atoms with van der Waals surface area (Å²) >= 11 is 0. The molecule has 1 aromatic rings. The topological polar surface area (TPSA) is 55.6 Å². The van der Waals surface area contributed by atoms with Crippen LogP contribution in [0.15, 0.2) is 24.3 Å². The van der Waals surface area contributed by atoms with Crippen molar-refractivity contribution in [3.63, 3.8) is 0 Å². The van der Waals surface area contributed by atoms with E-state index in [9.17, 15) is 4.79 Å². The quantitative estimate of drug-likeness (QED) is 0.633. The first-order valence-electron chi connectivity index (χ1n) is 6.66. The van der Waals surface area contributed by atoms with Gasteiger partial charge in [0.2, 0.25) is 0 Å². The van der Waals surface area contributed by atoms with Crippen molar-refractivity contribution in [1.29, 1.82) is 0 Å². The van der Waals surface area contributed by atoms with E-state index in [1.807, 2.05) is 38.1 Å². The molecule has 4 nitrogen and oxygen atoms in total. The maximum Gasteiger partial charge on any atom is 0.320 e. The first-order chi connectivity index (χ1) is 8.88. The zero-order valence-electron chi connectivity index (χ0n) is 12.2. The van der Waals surface area contributed by atoms with Crippen molar-refractivity contribution in [2.45, 2.75) is 46.4 Å². The van der Waals surface area contributed by atoms with Crippen LogP contribution in [0.5, 0.6) is 0 Å². The van der Waals surface area contributed by atoms with Crippen LogP contribution < -0.4 is 5.73 Å². The number of nitrogen functional groups attached to an aromatic ring is 1. The highest BCUT2D eigenvalue weighted by atomic mass is 16.5. The number of anilines is 1. The summed E-state index contributed by atoms with van der Waals surface area (Å²) in [6.07, 6.45) is -0.0751. The molecule has 0 bridgehead atoms. The lowest BCUT2D eigenvalue weighted by atomic mass is 10.1. The van der Waals surface area contributed by atoms with Gasteiger partial charge in [-0.3, -0.25) is 9.69 Å². The molecule has 0 aromatic heterocycles. The van der Waals surface area contributed by atoms with Crippen LogP contribution in [0.4, 0.5) is 5.69 Å². The van der Waals surface area contributed by atoms with Crippen LogP contribution in [0, 0.1) is 0 Å². The van der Waals surface area contributed by atoms with E-state index in [0.29, 0.717) is 13.1 Å². The summed E-state index contributed by atoms with van der Waals surface area (Å²) in [5.41, 5.74) is 7.61. The van der Waals surface area contributed by atoms with Gasteiger partial charge in [-0.25, -0.2) is 0 Å². The lowest BCUT2D eigenvalue weighted by Gasteiger charge is -2.26. The van der Waals surface area contributed by atoms with Gasteiger partial charge in [0.15, 0.2) is 0 Å². The largest absolute Gasteiger partial charge is 0.462 e. The molecule has 0 fully saturated rings. The second-order valence-corrected chi connectivity index (χ2v) is 5.28. The molecule has 0 saturated carbocycles. The van der Waals surface area contributed by atoms with Gasteiger partial charge in [0, 0.05) is 18.3 Å². The molecule has 0 radical (unpaired) electrons. The van der Waals surface area contributed by atoms with E-state index < -0.39 is 0 Å². The Bertz CT molecular complexity index is 416. The van der Waals surface area contributed by atoms with Crippen LogP contribution in [0.25, 0.3) is 0 Å². The number of rotatable bonds is 6. The Hall–Kier alpha value is -1.55. The van der Waals surface area contributed by atoms with E-state index in [0.717, 1.165) is 11.3 Å². The van der Waals surface area contributed by atoms with Crippen molar-refractivity contribution in [2.24, 2.45) is 0 Å². The van der Waals surface area contributed by atoms with E-state index in [4.69, 9.17) is 10.5 Å². The fourth-order valence-corrected chi connectivity index (χ4v) is 1.81. The van der Waals surface area contributed by atoms with Crippen LogP contribution in [0.1, 0.15) is 33.3 Å². The van der Waals surface area contributed by atoms with Gasteiger partial charge < -0.3 is 10.5 Å². The molecular weight excluding hydrogens is 240 g/mol. The Morgan fingerprint density at radius 2 is 2.00 bits per heavy atom. The van der Waals surface area contributed by atoms with Crippen LogP contribution in [0.3, 0.4) is 0 Å². The molecule has 0 saturated heterocycles. The second kappa shape index (κ2) is 7.14. The highest BCUT2D eigenvalue weighted by Gasteiger charge is 2.16. The molecule has 2 N–H and O–H groups in total. The molecule has 4 heteroatoms. The molecule has 0 spiro atoms. The minimum Gasteiger partial charge on any atom is -0.462 e. The first-order valence-corrected chi connectivity index (χ1v) is 6.66. The first kappa shape index (κ1) is 15.5. The molecular formula is C15H24N2O2. The van der Waals surface area contributed by atoms with Gasteiger partial charge in [-0.05, 0) is 45.4 Å². The summed E-state index contributed by atoms with van der Waals surface area (Å²) in [5.74, 6) is -0.187. The number of nitrogens with two attached hydrogens (primary N) is 1. The van der Waals surface area contributed by atoms with Crippen molar-refractivity contribution in [1.82, 2.24) is 4.90 Å². The Morgan fingerprint density at radius 3 is 2.53 bits per heavy atom. The number of carbonyl (C=O) groups is 1. The lowest BCUT2D eigenvalue weighted by Crippen LogP contribution is -2.36. The van der Waals surface area contributed by atoms with E-state index in [1.54, 1.807) is 0 Å². The highest BCUT2D eigenvalue weighted by molar-refractivity contribution is 5.71. The predicted octanol–water partition coefficient (Wildman–Crippen LogP) is 2.43. The molecule has 1 aromatic carbocycles. The third-order valence-corrected chi connectivity index (χ3v) is 2.77. The number of hydrogen-bond donors (Lipinski definition) is 1. The monoisotopic (exact) mass is 264 g/mol. The van der Waals surface area contributed by atoms with Crippen molar-refractivity contribution in [3.8, 4) is 0 Å². The number of ether oxygens (including phenoxy) is 1. The van der Waals surface area contributed by atoms with Gasteiger partial charge >= 0.3 is 5.97 Å². The number of esters is 1. The fraction of sp³-hybridized carbons (Fsp3) is 0.533. The van der Waals surface area contributed by atoms with Crippen LogP contribution in [-0.2, 0) is 16.1 Å². The van der Waals surface area contributed by atoms with Crippen molar-refractivity contribution >= 4 is 11.7 Å². The molecule has 1 rings (SSSR count). The zero-order chi connectivity index (χ0) is 14.4. The van der Waals surface area contributed by atoms with Crippen molar-refractivity contribution in [3.05, 3.63) is 29.8 Å². The van der Waals surface area contributed by atoms with Gasteiger partial charge in [0.05, 0.1) is 12.6 Å². The lowest BCUT2D eigenvalue weighted by molar-refractivity contribution is -0.149. The molecule has 0 amide bonds. The molecule has 0 aliphatic carbocycles. The molecule has 106 valence electrons. The third kappa shape index (κ3) is 5.75. The summed E-state index contributed by atoms with van der Waals surface area (Å²) in [5, 5.41) is 0. The smallest absolute Gasteiger partial charge is 0.320 e. The van der Waals surface area contributed by atoms with E-state index in [2.05, 4.69) is 18.7 Å². The fourth-order valence-electron chi connectivity index (χ4n) is 1.81. The van der Waals surface area contributed by atoms with E-state index in [1.165, 1.54) is 0 Å². The minimum absolute atomic E-state index is 0.0751. The Balaban J connectivity index is 2.65. The van der Waals surface area contributed by atoms with E-state index >= 15 is 0 Å². The van der Waals surface area contributed by atoms with E-state index in [-0.39, 0.29) is 18.1 Å². The number of hydrogen-bond acceptors (Lipinski definition) is 4. The summed E-state index contributed by atoms with van der Waals surface area (Å²) < 4.78 is 5.19. The maximum absolute atomic E-state index is 11.7. The van der Waals surface area contributed by atoms with Gasteiger partial charge in [-0.1, -0.05) is 12.1 Å². The average Bonchev–Trinajstić information content (AvgIpc) is 2.26. The predicted molar refractivity (Wildman–Crippen MR) is 77.6 cm³/mol. The van der Waals surface area contributed by atoms with Gasteiger partial charge in [-0.15, -0.1) is 0 Å². The average molecular weight is 264 g/mol. The van der Waals surface area contributed by atoms with Gasteiger partial charge in [0.1, 0.15) is 0 Å². The zero-order valence-corrected chi connectivity index (χ0v) is 12.2. The Morgan fingerprint density at radius 1 is 1.32 bits per heavy atom. The minimum atomic E-state index is -0.187. The number of carbonyl (C=O) groups excluding carboxylic acids is 1. The number of benzene rings is 1. The molecule has 0 heterocycles. The maximum atomic E-state index is 11.7. The summed E-state index contributed by atoms with van der Waals surface area (Å²) in [4.78, 5) is 13.8. The Labute approximate surface area is 115 Å². The summed E-state index contributed by atoms with van der Waals surface area (Å²) in [6, 6.07) is 8.00. The highest BCUT2D eigenvalue weighted by Crippen LogP contribution is 2.12. The molecule has 0 aliphatic rings. The molecule has 19 heavy (non-hydrogen) atoms. The normalized spacial score (nSPS) is 11.3. The van der Waals surface area contributed by atoms with Crippen molar-refractivity contribution in [2.75, 3.05) is 12.3 Å². The standard InChI is InChI=1S/C15H24N2O2/c1-11(2)17(10-15(18)19-12(3)4)9-13-6-5-7-14(16)8-13/h5-8,11-12H,9-10,16H2,1-4H3. The van der Waals surface area contributed by atoms with Crippen LogP contribution in [-0.4, -0.2) is 29.6 Å². The SMILES string of the molecule is CC(C)OC(=O)CN(Cc1cccc(N)c1)C(C)C. The van der Waals surface area contributed by atoms with Crippen molar-refractivity contribution < 1.29 is 9.53 Å². The van der Waals surface area contributed by atoms with Gasteiger partial charge in [-0.2, -0.15) is 0 Å². The molecule has 0 atom stereocenters. The molecule has 0 aliphatic heterocycles. The second-order valence-electron chi connectivity index (χ2n) is 5.28. The third-order valence-electron chi connectivity index (χ3n) is 2.77. The summed E-state index contributed by atoms with van der Waals surface area (Å²) in [7, 11) is 0. The summed E-state index contributed by atoms with van der Waals surface area (Å²) in [6.45, 7) is 8.83. The van der Waals surface area contributed by atoms with Crippen LogP contribution >= 0.6 is 0 Å². The van der Waals surface area contributed by atoms with Gasteiger partial charge in [0.25, 0.3) is 0 Å². The molecule has 0 unspecified atom stereocenters.